The number of urea groups is 1. The predicted octanol–water partition coefficient (Wildman–Crippen LogP) is 3.95. The predicted molar refractivity (Wildman–Crippen MR) is 95.4 cm³/mol. The SMILES string of the molecule is Cc1cc(Br)ccc1NC(=O)N1CCN(CCC(C)C)CC1. The molecule has 0 aliphatic carbocycles. The monoisotopic (exact) mass is 367 g/mol. The molecular weight excluding hydrogens is 342 g/mol. The highest BCUT2D eigenvalue weighted by Crippen LogP contribution is 2.20. The van der Waals surface area contributed by atoms with Crippen molar-refractivity contribution in [2.45, 2.75) is 27.2 Å². The zero-order chi connectivity index (χ0) is 16.1. The van der Waals surface area contributed by atoms with E-state index >= 15 is 0 Å². The summed E-state index contributed by atoms with van der Waals surface area (Å²) in [5.41, 5.74) is 1.95. The van der Waals surface area contributed by atoms with Crippen molar-refractivity contribution < 1.29 is 4.79 Å². The van der Waals surface area contributed by atoms with E-state index in [1.54, 1.807) is 0 Å². The van der Waals surface area contributed by atoms with Crippen LogP contribution < -0.4 is 5.32 Å². The lowest BCUT2D eigenvalue weighted by Gasteiger charge is -2.35. The fraction of sp³-hybridized carbons (Fsp3) is 0.588. The van der Waals surface area contributed by atoms with Crippen molar-refractivity contribution >= 4 is 27.6 Å². The third-order valence-electron chi connectivity index (χ3n) is 4.11. The van der Waals surface area contributed by atoms with Crippen LogP contribution in [0.15, 0.2) is 22.7 Å². The molecule has 1 aromatic carbocycles. The molecule has 0 bridgehead atoms. The Bertz CT molecular complexity index is 511. The molecule has 2 rings (SSSR count). The highest BCUT2D eigenvalue weighted by atomic mass is 79.9. The number of piperazine rings is 1. The number of nitrogens with one attached hydrogen (secondary N) is 1. The summed E-state index contributed by atoms with van der Waals surface area (Å²) in [6, 6.07) is 5.91. The van der Waals surface area contributed by atoms with Gasteiger partial charge in [-0.2, -0.15) is 0 Å². The Hall–Kier alpha value is -1.07. The molecule has 0 unspecified atom stereocenters. The number of hydrogen-bond donors (Lipinski definition) is 1. The quantitative estimate of drug-likeness (QED) is 0.874. The highest BCUT2D eigenvalue weighted by molar-refractivity contribution is 9.10. The minimum atomic E-state index is 0.00827. The molecule has 4 nitrogen and oxygen atoms in total. The van der Waals surface area contributed by atoms with Crippen LogP contribution in [0.3, 0.4) is 0 Å². The van der Waals surface area contributed by atoms with E-state index in [2.05, 4.69) is 40.0 Å². The molecule has 0 aromatic heterocycles. The third-order valence-corrected chi connectivity index (χ3v) is 4.61. The van der Waals surface area contributed by atoms with Crippen molar-refractivity contribution in [1.82, 2.24) is 9.80 Å². The van der Waals surface area contributed by atoms with Crippen LogP contribution in [0.1, 0.15) is 25.8 Å². The van der Waals surface area contributed by atoms with Gasteiger partial charge in [0.1, 0.15) is 0 Å². The summed E-state index contributed by atoms with van der Waals surface area (Å²) in [5.74, 6) is 0.738. The van der Waals surface area contributed by atoms with Crippen LogP contribution in [-0.2, 0) is 0 Å². The minimum Gasteiger partial charge on any atom is -0.322 e. The van der Waals surface area contributed by atoms with Gasteiger partial charge in [0, 0.05) is 36.3 Å². The number of aryl methyl sites for hydroxylation is 1. The lowest BCUT2D eigenvalue weighted by atomic mass is 10.1. The lowest BCUT2D eigenvalue weighted by Crippen LogP contribution is -2.50. The number of benzene rings is 1. The van der Waals surface area contributed by atoms with Gasteiger partial charge in [0.15, 0.2) is 0 Å². The summed E-state index contributed by atoms with van der Waals surface area (Å²) < 4.78 is 1.03. The summed E-state index contributed by atoms with van der Waals surface area (Å²) in [5, 5.41) is 3.02. The molecule has 1 heterocycles. The first kappa shape index (κ1) is 17.3. The number of nitrogens with zero attached hydrogens (tertiary/aromatic N) is 2. The molecule has 1 fully saturated rings. The lowest BCUT2D eigenvalue weighted by molar-refractivity contribution is 0.143. The van der Waals surface area contributed by atoms with Crippen LogP contribution >= 0.6 is 15.9 Å². The first-order valence-corrected chi connectivity index (χ1v) is 8.79. The van der Waals surface area contributed by atoms with Gasteiger partial charge < -0.3 is 10.2 Å². The van der Waals surface area contributed by atoms with Crippen molar-refractivity contribution in [3.8, 4) is 0 Å². The van der Waals surface area contributed by atoms with E-state index in [9.17, 15) is 4.79 Å². The second kappa shape index (κ2) is 7.97. The zero-order valence-corrected chi connectivity index (χ0v) is 15.3. The van der Waals surface area contributed by atoms with E-state index in [4.69, 9.17) is 0 Å². The summed E-state index contributed by atoms with van der Waals surface area (Å²) in [6.07, 6.45) is 1.23. The number of amides is 2. The van der Waals surface area contributed by atoms with Crippen molar-refractivity contribution in [3.63, 3.8) is 0 Å². The van der Waals surface area contributed by atoms with Gasteiger partial charge in [-0.05, 0) is 49.6 Å². The molecule has 0 spiro atoms. The molecule has 1 N–H and O–H groups in total. The van der Waals surface area contributed by atoms with E-state index in [0.29, 0.717) is 0 Å². The summed E-state index contributed by atoms with van der Waals surface area (Å²) in [7, 11) is 0. The minimum absolute atomic E-state index is 0.00827. The van der Waals surface area contributed by atoms with Gasteiger partial charge in [0.05, 0.1) is 0 Å². The number of carbonyl (C=O) groups is 1. The second-order valence-corrected chi connectivity index (χ2v) is 7.32. The molecule has 22 heavy (non-hydrogen) atoms. The maximum atomic E-state index is 12.4. The standard InChI is InChI=1S/C17H26BrN3O/c1-13(2)6-7-20-8-10-21(11-9-20)17(22)19-16-5-4-15(18)12-14(16)3/h4-5,12-13H,6-11H2,1-3H3,(H,19,22). The fourth-order valence-corrected chi connectivity index (χ4v) is 3.05. The molecule has 0 radical (unpaired) electrons. The fourth-order valence-electron chi connectivity index (χ4n) is 2.58. The molecule has 5 heteroatoms. The Morgan fingerprint density at radius 1 is 1.27 bits per heavy atom. The van der Waals surface area contributed by atoms with Crippen LogP contribution in [0.4, 0.5) is 10.5 Å². The van der Waals surface area contributed by atoms with Gasteiger partial charge in [0.25, 0.3) is 0 Å². The summed E-state index contributed by atoms with van der Waals surface area (Å²) >= 11 is 3.44. The molecule has 0 atom stereocenters. The van der Waals surface area contributed by atoms with Gasteiger partial charge in [-0.15, -0.1) is 0 Å². The smallest absolute Gasteiger partial charge is 0.321 e. The topological polar surface area (TPSA) is 35.6 Å². The van der Waals surface area contributed by atoms with Gasteiger partial charge in [0.2, 0.25) is 0 Å². The van der Waals surface area contributed by atoms with Crippen LogP contribution in [-0.4, -0.2) is 48.6 Å². The van der Waals surface area contributed by atoms with Crippen molar-refractivity contribution in [2.24, 2.45) is 5.92 Å². The molecule has 1 aromatic rings. The zero-order valence-electron chi connectivity index (χ0n) is 13.7. The summed E-state index contributed by atoms with van der Waals surface area (Å²) in [6.45, 7) is 11.2. The van der Waals surface area contributed by atoms with Crippen LogP contribution in [0.25, 0.3) is 0 Å². The number of halogens is 1. The highest BCUT2D eigenvalue weighted by Gasteiger charge is 2.21. The average molecular weight is 368 g/mol. The molecule has 2 amide bonds. The van der Waals surface area contributed by atoms with Crippen LogP contribution in [0.2, 0.25) is 0 Å². The summed E-state index contributed by atoms with van der Waals surface area (Å²) in [4.78, 5) is 16.7. The Balaban J connectivity index is 1.82. The van der Waals surface area contributed by atoms with E-state index < -0.39 is 0 Å². The average Bonchev–Trinajstić information content (AvgIpc) is 2.48. The normalized spacial score (nSPS) is 16.1. The maximum Gasteiger partial charge on any atom is 0.321 e. The molecule has 1 aliphatic rings. The Kier molecular flexibility index (Phi) is 6.26. The Morgan fingerprint density at radius 3 is 2.55 bits per heavy atom. The molecular formula is C17H26BrN3O. The third kappa shape index (κ3) is 4.99. The Labute approximate surface area is 142 Å². The number of carbonyl (C=O) groups excluding carboxylic acids is 1. The maximum absolute atomic E-state index is 12.4. The first-order valence-electron chi connectivity index (χ1n) is 8.00. The van der Waals surface area contributed by atoms with E-state index in [0.717, 1.165) is 54.4 Å². The van der Waals surface area contributed by atoms with Crippen molar-refractivity contribution in [2.75, 3.05) is 38.0 Å². The molecule has 0 saturated carbocycles. The van der Waals surface area contributed by atoms with Gasteiger partial charge in [-0.25, -0.2) is 4.79 Å². The van der Waals surface area contributed by atoms with Gasteiger partial charge in [-0.3, -0.25) is 4.90 Å². The Morgan fingerprint density at radius 2 is 1.95 bits per heavy atom. The first-order chi connectivity index (χ1) is 10.5. The van der Waals surface area contributed by atoms with E-state index in [-0.39, 0.29) is 6.03 Å². The number of rotatable bonds is 4. The molecule has 1 saturated heterocycles. The largest absolute Gasteiger partial charge is 0.322 e. The molecule has 1 aliphatic heterocycles. The van der Waals surface area contributed by atoms with Crippen molar-refractivity contribution in [3.05, 3.63) is 28.2 Å². The van der Waals surface area contributed by atoms with Gasteiger partial charge in [-0.1, -0.05) is 29.8 Å². The van der Waals surface area contributed by atoms with E-state index in [1.165, 1.54) is 6.42 Å². The van der Waals surface area contributed by atoms with E-state index in [1.807, 2.05) is 30.0 Å². The van der Waals surface area contributed by atoms with Crippen LogP contribution in [0.5, 0.6) is 0 Å². The second-order valence-electron chi connectivity index (χ2n) is 6.40. The molecule has 122 valence electrons. The number of hydrogen-bond acceptors (Lipinski definition) is 2. The number of anilines is 1. The van der Waals surface area contributed by atoms with Crippen molar-refractivity contribution in [1.29, 1.82) is 0 Å². The van der Waals surface area contributed by atoms with Crippen LogP contribution in [0, 0.1) is 12.8 Å². The van der Waals surface area contributed by atoms with Gasteiger partial charge >= 0.3 is 6.03 Å².